The fourth-order valence-corrected chi connectivity index (χ4v) is 5.17. The molecule has 0 N–H and O–H groups in total. The molecule has 0 aliphatic carbocycles. The van der Waals surface area contributed by atoms with Crippen LogP contribution in [-0.2, 0) is 5.41 Å². The van der Waals surface area contributed by atoms with E-state index in [1.165, 1.54) is 29.8 Å². The Hall–Kier alpha value is -2.13. The maximum absolute atomic E-state index is 3.00. The maximum Gasteiger partial charge on any atom is 0.331 e. The van der Waals surface area contributed by atoms with Crippen molar-refractivity contribution in [3.63, 3.8) is 0 Å². The zero-order valence-electron chi connectivity index (χ0n) is 20.8. The molecule has 4 rings (SSSR count). The van der Waals surface area contributed by atoms with Gasteiger partial charge in [-0.3, -0.25) is 0 Å². The first-order valence-corrected chi connectivity index (χ1v) is 11.9. The second-order valence-electron chi connectivity index (χ2n) is 8.97. The van der Waals surface area contributed by atoms with Crippen molar-refractivity contribution in [3.05, 3.63) is 73.3 Å². The highest BCUT2D eigenvalue weighted by molar-refractivity contribution is 6.77. The third kappa shape index (κ3) is 4.57. The fourth-order valence-electron chi connectivity index (χ4n) is 5.17. The monoisotopic (exact) mass is 417 g/mol. The standard InChI is InChI=1S/C21H29B2N3.C3H8.C2H4/c1-6-16-24-22(4)25(17-12-8-7-9-13-17)20-21(2,3)18-14-10-11-15-19(18)26(20)23(24)5;1-3-2;1-2/h7-15,20H,6,16H2,1-5H3;3H2,1-2H3;1-2H2. The van der Waals surface area contributed by atoms with Gasteiger partial charge in [0, 0.05) is 16.8 Å². The Balaban J connectivity index is 0.000000630. The van der Waals surface area contributed by atoms with Crippen LogP contribution in [0.4, 0.5) is 11.4 Å². The molecule has 2 aromatic rings. The summed E-state index contributed by atoms with van der Waals surface area (Å²) in [4.78, 5) is 5.29. The molecule has 3 nitrogen and oxygen atoms in total. The van der Waals surface area contributed by atoms with Crippen molar-refractivity contribution in [1.82, 2.24) is 4.72 Å². The normalized spacial score (nSPS) is 19.0. The molecule has 31 heavy (non-hydrogen) atoms. The molecular formula is C26H41B2N3. The fraction of sp³-hybridized carbons (Fsp3) is 0.462. The van der Waals surface area contributed by atoms with Crippen molar-refractivity contribution >= 4 is 25.3 Å². The summed E-state index contributed by atoms with van der Waals surface area (Å²) < 4.78 is 2.64. The van der Waals surface area contributed by atoms with Gasteiger partial charge < -0.3 is 14.3 Å². The molecule has 1 atom stereocenters. The van der Waals surface area contributed by atoms with Crippen LogP contribution in [0.2, 0.25) is 13.6 Å². The first-order chi connectivity index (χ1) is 14.9. The van der Waals surface area contributed by atoms with Crippen molar-refractivity contribution in [2.45, 2.75) is 72.7 Å². The summed E-state index contributed by atoms with van der Waals surface area (Å²) in [6.45, 7) is 23.9. The molecule has 0 spiro atoms. The van der Waals surface area contributed by atoms with Gasteiger partial charge in [0.2, 0.25) is 0 Å². The molecule has 0 saturated carbocycles. The first-order valence-electron chi connectivity index (χ1n) is 11.9. The molecule has 1 saturated heterocycles. The third-order valence-corrected chi connectivity index (χ3v) is 6.35. The quantitative estimate of drug-likeness (QED) is 0.402. The lowest BCUT2D eigenvalue weighted by atomic mass is 9.55. The average Bonchev–Trinajstić information content (AvgIpc) is 3.02. The van der Waals surface area contributed by atoms with Gasteiger partial charge in [0.25, 0.3) is 0 Å². The minimum absolute atomic E-state index is 0.0628. The summed E-state index contributed by atoms with van der Waals surface area (Å²) in [6, 6.07) is 19.9. The van der Waals surface area contributed by atoms with Crippen LogP contribution in [0, 0.1) is 0 Å². The van der Waals surface area contributed by atoms with Gasteiger partial charge in [-0.05, 0) is 36.7 Å². The number of fused-ring (bicyclic) bond motifs is 3. The van der Waals surface area contributed by atoms with E-state index in [9.17, 15) is 0 Å². The Morgan fingerprint density at radius 2 is 1.35 bits per heavy atom. The number of anilines is 2. The van der Waals surface area contributed by atoms with Crippen LogP contribution in [0.15, 0.2) is 67.8 Å². The van der Waals surface area contributed by atoms with Gasteiger partial charge in [-0.1, -0.05) is 91.1 Å². The van der Waals surface area contributed by atoms with E-state index in [1.807, 2.05) is 0 Å². The molecule has 1 unspecified atom stereocenters. The Kier molecular flexibility index (Phi) is 8.88. The highest BCUT2D eigenvalue weighted by atomic mass is 15.4. The van der Waals surface area contributed by atoms with E-state index >= 15 is 0 Å². The second-order valence-corrected chi connectivity index (χ2v) is 8.97. The minimum atomic E-state index is 0.0628. The molecule has 0 amide bonds. The Bertz CT molecular complexity index is 811. The van der Waals surface area contributed by atoms with Gasteiger partial charge in [0.1, 0.15) is 0 Å². The van der Waals surface area contributed by atoms with Crippen LogP contribution in [0.5, 0.6) is 0 Å². The molecule has 0 aromatic heterocycles. The summed E-state index contributed by atoms with van der Waals surface area (Å²) in [7, 11) is 0. The minimum Gasteiger partial charge on any atom is -0.382 e. The summed E-state index contributed by atoms with van der Waals surface area (Å²) in [6.07, 6.45) is 2.74. The number of hydrogen-bond acceptors (Lipinski definition) is 3. The van der Waals surface area contributed by atoms with E-state index in [0.29, 0.717) is 20.1 Å². The van der Waals surface area contributed by atoms with Crippen LogP contribution < -0.4 is 9.62 Å². The number of nitrogens with zero attached hydrogens (tertiary/aromatic N) is 3. The molecule has 5 heteroatoms. The van der Waals surface area contributed by atoms with Gasteiger partial charge in [0.15, 0.2) is 0 Å². The lowest BCUT2D eigenvalue weighted by Crippen LogP contribution is -2.76. The van der Waals surface area contributed by atoms with Gasteiger partial charge in [-0.25, -0.2) is 0 Å². The molecule has 166 valence electrons. The summed E-state index contributed by atoms with van der Waals surface area (Å²) in [5.41, 5.74) is 4.23. The zero-order valence-corrected chi connectivity index (χ0v) is 20.8. The van der Waals surface area contributed by atoms with Gasteiger partial charge >= 0.3 is 14.0 Å². The molecule has 1 fully saturated rings. The number of rotatable bonds is 3. The third-order valence-electron chi connectivity index (χ3n) is 6.35. The maximum atomic E-state index is 3.00. The van der Waals surface area contributed by atoms with Crippen molar-refractivity contribution < 1.29 is 0 Å². The molecule has 2 aliphatic heterocycles. The predicted octanol–water partition coefficient (Wildman–Crippen LogP) is 6.80. The van der Waals surface area contributed by atoms with Crippen molar-refractivity contribution in [3.8, 4) is 0 Å². The second kappa shape index (κ2) is 10.9. The predicted molar refractivity (Wildman–Crippen MR) is 142 cm³/mol. The van der Waals surface area contributed by atoms with Crippen LogP contribution in [0.3, 0.4) is 0 Å². The van der Waals surface area contributed by atoms with Gasteiger partial charge in [0.05, 0.1) is 6.17 Å². The van der Waals surface area contributed by atoms with E-state index in [-0.39, 0.29) is 5.41 Å². The molecular weight excluding hydrogens is 376 g/mol. The van der Waals surface area contributed by atoms with E-state index in [1.54, 1.807) is 0 Å². The molecule has 2 aliphatic rings. The van der Waals surface area contributed by atoms with E-state index in [0.717, 1.165) is 6.54 Å². The lowest BCUT2D eigenvalue weighted by molar-refractivity contribution is 0.426. The highest BCUT2D eigenvalue weighted by Crippen LogP contribution is 2.50. The number of para-hydroxylation sites is 2. The van der Waals surface area contributed by atoms with Crippen molar-refractivity contribution in [1.29, 1.82) is 0 Å². The van der Waals surface area contributed by atoms with Gasteiger partial charge in [-0.2, -0.15) is 0 Å². The largest absolute Gasteiger partial charge is 0.382 e. The zero-order chi connectivity index (χ0) is 23.2. The van der Waals surface area contributed by atoms with Crippen LogP contribution >= 0.6 is 0 Å². The smallest absolute Gasteiger partial charge is 0.331 e. The van der Waals surface area contributed by atoms with Crippen molar-refractivity contribution in [2.75, 3.05) is 16.2 Å². The van der Waals surface area contributed by atoms with E-state index in [2.05, 4.69) is 130 Å². The number of benzene rings is 2. The summed E-state index contributed by atoms with van der Waals surface area (Å²) in [5, 5.41) is 0. The molecule has 0 radical (unpaired) electrons. The molecule has 2 aromatic carbocycles. The number of hydrogen-bond donors (Lipinski definition) is 0. The topological polar surface area (TPSA) is 9.72 Å². The molecule has 2 heterocycles. The van der Waals surface area contributed by atoms with Gasteiger partial charge in [-0.15, -0.1) is 13.2 Å². The van der Waals surface area contributed by atoms with Crippen LogP contribution in [0.25, 0.3) is 0 Å². The SMILES string of the molecule is C=C.CCC.CCCN1B(C)N(c2ccccc2)C2N(B1C)c1ccccc1C2(C)C. The lowest BCUT2D eigenvalue weighted by Gasteiger charge is -2.56. The Labute approximate surface area is 192 Å². The molecule has 0 bridgehead atoms. The van der Waals surface area contributed by atoms with E-state index < -0.39 is 0 Å². The van der Waals surface area contributed by atoms with Crippen molar-refractivity contribution in [2.24, 2.45) is 0 Å². The highest BCUT2D eigenvalue weighted by Gasteiger charge is 2.56. The average molecular weight is 417 g/mol. The summed E-state index contributed by atoms with van der Waals surface area (Å²) >= 11 is 0. The van der Waals surface area contributed by atoms with Crippen LogP contribution in [0.1, 0.15) is 53.0 Å². The van der Waals surface area contributed by atoms with E-state index in [4.69, 9.17) is 0 Å². The Morgan fingerprint density at radius 1 is 0.839 bits per heavy atom. The van der Waals surface area contributed by atoms with Crippen LogP contribution in [-0.4, -0.2) is 31.4 Å². The summed E-state index contributed by atoms with van der Waals surface area (Å²) in [5.74, 6) is 0. The first kappa shape index (κ1) is 25.1. The Morgan fingerprint density at radius 3 is 1.94 bits per heavy atom.